The van der Waals surface area contributed by atoms with E-state index in [-0.39, 0.29) is 11.6 Å². The van der Waals surface area contributed by atoms with Crippen LogP contribution in [0.15, 0.2) is 22.9 Å². The lowest BCUT2D eigenvalue weighted by atomic mass is 10.1. The Bertz CT molecular complexity index is 579. The monoisotopic (exact) mass is 248 g/mol. The van der Waals surface area contributed by atoms with E-state index in [1.165, 1.54) is 12.3 Å². The average molecular weight is 248 g/mol. The molecule has 0 aliphatic carbocycles. The second-order valence-electron chi connectivity index (χ2n) is 3.94. The van der Waals surface area contributed by atoms with Crippen LogP contribution in [0, 0.1) is 0 Å². The van der Waals surface area contributed by atoms with Crippen molar-refractivity contribution in [2.75, 3.05) is 18.9 Å². The maximum Gasteiger partial charge on any atom is 0.230 e. The molecule has 0 atom stereocenters. The van der Waals surface area contributed by atoms with E-state index in [0.29, 0.717) is 35.8 Å². The third-order valence-corrected chi connectivity index (χ3v) is 2.76. The molecule has 1 aromatic heterocycles. The van der Waals surface area contributed by atoms with Crippen LogP contribution in [0.2, 0.25) is 0 Å². The van der Waals surface area contributed by atoms with Gasteiger partial charge in [-0.15, -0.1) is 0 Å². The first-order chi connectivity index (χ1) is 8.77. The Kier molecular flexibility index (Phi) is 2.47. The van der Waals surface area contributed by atoms with Gasteiger partial charge in [0.1, 0.15) is 5.75 Å². The minimum absolute atomic E-state index is 0.0501. The standard InChI is InChI=1S/C12H12N2O4/c13-12-7(6-14-18-12)10-8(15)2-3-9-11(10)17-5-1-4-16-9/h2-3,6,15H,1,4-5,13H2. The Morgan fingerprint density at radius 2 is 2.06 bits per heavy atom. The van der Waals surface area contributed by atoms with Crippen molar-refractivity contribution in [2.24, 2.45) is 0 Å². The van der Waals surface area contributed by atoms with Gasteiger partial charge in [0.25, 0.3) is 0 Å². The number of nitrogen functional groups attached to an aromatic ring is 1. The molecule has 0 amide bonds. The Morgan fingerprint density at radius 3 is 2.83 bits per heavy atom. The molecule has 2 aromatic rings. The van der Waals surface area contributed by atoms with Crippen molar-refractivity contribution in [3.05, 3.63) is 18.3 Å². The number of aromatic nitrogens is 1. The summed E-state index contributed by atoms with van der Waals surface area (Å²) in [5.41, 5.74) is 6.62. The van der Waals surface area contributed by atoms with Gasteiger partial charge in [-0.1, -0.05) is 5.16 Å². The van der Waals surface area contributed by atoms with Crippen molar-refractivity contribution < 1.29 is 19.1 Å². The summed E-state index contributed by atoms with van der Waals surface area (Å²) in [6, 6.07) is 3.21. The maximum absolute atomic E-state index is 9.99. The summed E-state index contributed by atoms with van der Waals surface area (Å²) >= 11 is 0. The van der Waals surface area contributed by atoms with Crippen LogP contribution >= 0.6 is 0 Å². The largest absolute Gasteiger partial charge is 0.507 e. The van der Waals surface area contributed by atoms with Crippen LogP contribution in [0.25, 0.3) is 11.1 Å². The van der Waals surface area contributed by atoms with Gasteiger partial charge in [-0.2, -0.15) is 0 Å². The molecule has 0 saturated heterocycles. The van der Waals surface area contributed by atoms with Crippen molar-refractivity contribution >= 4 is 5.88 Å². The topological polar surface area (TPSA) is 90.7 Å². The summed E-state index contributed by atoms with van der Waals surface area (Å²) < 4.78 is 16.0. The van der Waals surface area contributed by atoms with E-state index in [0.717, 1.165) is 6.42 Å². The molecule has 0 saturated carbocycles. The highest BCUT2D eigenvalue weighted by Gasteiger charge is 2.22. The van der Waals surface area contributed by atoms with E-state index in [1.54, 1.807) is 6.07 Å². The first kappa shape index (κ1) is 10.8. The fraction of sp³-hybridized carbons (Fsp3) is 0.250. The zero-order chi connectivity index (χ0) is 12.5. The van der Waals surface area contributed by atoms with E-state index >= 15 is 0 Å². The van der Waals surface area contributed by atoms with E-state index in [4.69, 9.17) is 19.7 Å². The number of aromatic hydroxyl groups is 1. The first-order valence-corrected chi connectivity index (χ1v) is 5.59. The van der Waals surface area contributed by atoms with Gasteiger partial charge in [0, 0.05) is 6.42 Å². The number of nitrogens with zero attached hydrogens (tertiary/aromatic N) is 1. The van der Waals surface area contributed by atoms with E-state index in [1.807, 2.05) is 0 Å². The van der Waals surface area contributed by atoms with Gasteiger partial charge in [-0.25, -0.2) is 0 Å². The molecule has 0 unspecified atom stereocenters. The lowest BCUT2D eigenvalue weighted by Crippen LogP contribution is -1.98. The number of fused-ring (bicyclic) bond motifs is 1. The van der Waals surface area contributed by atoms with Crippen LogP contribution in [-0.2, 0) is 0 Å². The third kappa shape index (κ3) is 1.62. The van der Waals surface area contributed by atoms with Crippen LogP contribution in [0.5, 0.6) is 17.2 Å². The van der Waals surface area contributed by atoms with Gasteiger partial charge < -0.3 is 24.8 Å². The molecular formula is C12H12N2O4. The number of anilines is 1. The van der Waals surface area contributed by atoms with Gasteiger partial charge in [-0.3, -0.25) is 0 Å². The average Bonchev–Trinajstić information content (AvgIpc) is 2.64. The molecule has 6 nitrogen and oxygen atoms in total. The number of phenolic OH excluding ortho intramolecular Hbond substituents is 1. The maximum atomic E-state index is 9.99. The van der Waals surface area contributed by atoms with Crippen LogP contribution in [0.3, 0.4) is 0 Å². The molecule has 0 radical (unpaired) electrons. The van der Waals surface area contributed by atoms with Gasteiger partial charge >= 0.3 is 0 Å². The summed E-state index contributed by atoms with van der Waals surface area (Å²) in [5, 5.41) is 13.6. The molecule has 2 heterocycles. The van der Waals surface area contributed by atoms with E-state index in [9.17, 15) is 5.11 Å². The molecule has 1 aliphatic rings. The molecule has 1 aliphatic heterocycles. The van der Waals surface area contributed by atoms with E-state index < -0.39 is 0 Å². The predicted octanol–water partition coefficient (Wildman–Crippen LogP) is 1.79. The van der Waals surface area contributed by atoms with Crippen LogP contribution in [0.1, 0.15) is 6.42 Å². The number of ether oxygens (including phenoxy) is 2. The van der Waals surface area contributed by atoms with Crippen molar-refractivity contribution in [3.8, 4) is 28.4 Å². The minimum Gasteiger partial charge on any atom is -0.507 e. The summed E-state index contributed by atoms with van der Waals surface area (Å²) in [4.78, 5) is 0. The van der Waals surface area contributed by atoms with Crippen LogP contribution < -0.4 is 15.2 Å². The number of rotatable bonds is 1. The van der Waals surface area contributed by atoms with Crippen LogP contribution in [-0.4, -0.2) is 23.5 Å². The van der Waals surface area contributed by atoms with Crippen LogP contribution in [0.4, 0.5) is 5.88 Å². The molecule has 0 bridgehead atoms. The zero-order valence-corrected chi connectivity index (χ0v) is 9.55. The summed E-state index contributed by atoms with van der Waals surface area (Å²) in [6.07, 6.45) is 2.23. The van der Waals surface area contributed by atoms with Gasteiger partial charge in [0.15, 0.2) is 11.5 Å². The van der Waals surface area contributed by atoms with Crippen molar-refractivity contribution in [1.29, 1.82) is 0 Å². The smallest absolute Gasteiger partial charge is 0.230 e. The highest BCUT2D eigenvalue weighted by atomic mass is 16.5. The van der Waals surface area contributed by atoms with E-state index in [2.05, 4.69) is 5.16 Å². The molecule has 6 heteroatoms. The molecule has 94 valence electrons. The normalized spacial score (nSPS) is 14.2. The van der Waals surface area contributed by atoms with Crippen molar-refractivity contribution in [2.45, 2.75) is 6.42 Å². The summed E-state index contributed by atoms with van der Waals surface area (Å²) in [7, 11) is 0. The quantitative estimate of drug-likeness (QED) is 0.799. The number of hydrogen-bond acceptors (Lipinski definition) is 6. The highest BCUT2D eigenvalue weighted by molar-refractivity contribution is 5.84. The van der Waals surface area contributed by atoms with Gasteiger partial charge in [0.05, 0.1) is 30.5 Å². The number of hydrogen-bond donors (Lipinski definition) is 2. The molecular weight excluding hydrogens is 236 g/mol. The highest BCUT2D eigenvalue weighted by Crippen LogP contribution is 2.46. The summed E-state index contributed by atoms with van der Waals surface area (Å²) in [5.74, 6) is 1.24. The second-order valence-corrected chi connectivity index (χ2v) is 3.94. The molecule has 0 spiro atoms. The molecule has 1 aromatic carbocycles. The molecule has 3 N–H and O–H groups in total. The SMILES string of the molecule is Nc1oncc1-c1c(O)ccc2c1OCCCO2. The fourth-order valence-electron chi connectivity index (χ4n) is 1.92. The van der Waals surface area contributed by atoms with Crippen molar-refractivity contribution in [1.82, 2.24) is 5.16 Å². The van der Waals surface area contributed by atoms with Gasteiger partial charge in [0.2, 0.25) is 5.88 Å². The first-order valence-electron chi connectivity index (χ1n) is 5.59. The fourth-order valence-corrected chi connectivity index (χ4v) is 1.92. The molecule has 18 heavy (non-hydrogen) atoms. The number of phenols is 1. The minimum atomic E-state index is 0.0501. The zero-order valence-electron chi connectivity index (χ0n) is 9.55. The molecule has 3 rings (SSSR count). The Balaban J connectivity index is 2.22. The number of benzene rings is 1. The predicted molar refractivity (Wildman–Crippen MR) is 63.6 cm³/mol. The van der Waals surface area contributed by atoms with Gasteiger partial charge in [-0.05, 0) is 12.1 Å². The Hall–Kier alpha value is -2.37. The second kappa shape index (κ2) is 4.14. The summed E-state index contributed by atoms with van der Waals surface area (Å²) in [6.45, 7) is 1.10. The molecule has 0 fully saturated rings. The lowest BCUT2D eigenvalue weighted by Gasteiger charge is -2.12. The Morgan fingerprint density at radius 1 is 1.22 bits per heavy atom. The van der Waals surface area contributed by atoms with Crippen molar-refractivity contribution in [3.63, 3.8) is 0 Å². The third-order valence-electron chi connectivity index (χ3n) is 2.76. The lowest BCUT2D eigenvalue weighted by molar-refractivity contribution is 0.297. The Labute approximate surface area is 103 Å². The number of nitrogens with two attached hydrogens (primary N) is 1.